The summed E-state index contributed by atoms with van der Waals surface area (Å²) in [5.74, 6) is 0. The van der Waals surface area contributed by atoms with Gasteiger partial charge >= 0.3 is 6.03 Å². The second-order valence-electron chi connectivity index (χ2n) is 6.22. The molecule has 0 aromatic heterocycles. The number of hydroxylamine groups is 1. The van der Waals surface area contributed by atoms with E-state index in [0.29, 0.717) is 0 Å². The first-order chi connectivity index (χ1) is 9.07. The van der Waals surface area contributed by atoms with Crippen LogP contribution in [0.3, 0.4) is 0 Å². The molecule has 1 atom stereocenters. The molecule has 1 heterocycles. The van der Waals surface area contributed by atoms with Gasteiger partial charge in [0.2, 0.25) is 0 Å². The molecule has 1 aliphatic heterocycles. The molecule has 4 N–H and O–H groups in total. The first kappa shape index (κ1) is 17.1. The van der Waals surface area contributed by atoms with Gasteiger partial charge in [-0.2, -0.15) is 5.01 Å². The lowest BCUT2D eigenvalue weighted by Gasteiger charge is -2.61. The van der Waals surface area contributed by atoms with Gasteiger partial charge in [-0.15, -0.1) is 5.59 Å². The van der Waals surface area contributed by atoms with Crippen LogP contribution in [0.4, 0.5) is 4.79 Å². The number of nitrogens with zero attached hydrogens (tertiary/aromatic N) is 2. The number of urea groups is 1. The average molecular weight is 289 g/mol. The Balaban J connectivity index is 3.01. The first-order valence-corrected chi connectivity index (χ1v) is 6.81. The van der Waals surface area contributed by atoms with Crippen LogP contribution >= 0.6 is 0 Å². The van der Waals surface area contributed by atoms with Gasteiger partial charge < -0.3 is 0 Å². The Hall–Kier alpha value is -0.930. The van der Waals surface area contributed by atoms with Crippen molar-refractivity contribution in [3.8, 4) is 0 Å². The Morgan fingerprint density at radius 3 is 2.25 bits per heavy atom. The molecule has 8 nitrogen and oxygen atoms in total. The fourth-order valence-electron chi connectivity index (χ4n) is 2.53. The van der Waals surface area contributed by atoms with Crippen molar-refractivity contribution in [1.29, 1.82) is 0 Å². The number of hydrogen-bond acceptors (Lipinski definition) is 6. The average Bonchev–Trinajstić information content (AvgIpc) is 2.31. The van der Waals surface area contributed by atoms with Crippen LogP contribution in [0.2, 0.25) is 0 Å². The summed E-state index contributed by atoms with van der Waals surface area (Å²) in [5, 5.41) is 12.4. The van der Waals surface area contributed by atoms with Crippen molar-refractivity contribution >= 4 is 6.03 Å². The largest absolute Gasteiger partial charge is 0.353 e. The molecule has 0 radical (unpaired) electrons. The maximum atomic E-state index is 11.4. The molecule has 2 amide bonds. The lowest BCUT2D eigenvalue weighted by atomic mass is 9.87. The number of amides is 2. The van der Waals surface area contributed by atoms with Crippen molar-refractivity contribution in [2.24, 2.45) is 0 Å². The van der Waals surface area contributed by atoms with E-state index in [-0.39, 0.29) is 12.1 Å². The molecule has 0 aromatic rings. The molecule has 1 saturated heterocycles. The Labute approximate surface area is 120 Å². The van der Waals surface area contributed by atoms with E-state index in [1.165, 1.54) is 0 Å². The van der Waals surface area contributed by atoms with Crippen molar-refractivity contribution in [2.45, 2.75) is 71.8 Å². The molecule has 0 aliphatic carbocycles. The summed E-state index contributed by atoms with van der Waals surface area (Å²) in [7, 11) is 0. The van der Waals surface area contributed by atoms with Crippen molar-refractivity contribution in [3.05, 3.63) is 0 Å². The van der Waals surface area contributed by atoms with Gasteiger partial charge in [-0.1, -0.05) is 0 Å². The van der Waals surface area contributed by atoms with Crippen LogP contribution in [0.1, 0.15) is 48.5 Å². The molecular formula is C12H27N5O3. The third-order valence-corrected chi connectivity index (χ3v) is 3.90. The van der Waals surface area contributed by atoms with E-state index in [1.807, 2.05) is 39.6 Å². The quantitative estimate of drug-likeness (QED) is 0.445. The number of hydrogen-bond donors (Lipinski definition) is 4. The number of carbonyl (C=O) groups excluding carboxylic acids is 1. The molecule has 1 unspecified atom stereocenters. The highest BCUT2D eigenvalue weighted by molar-refractivity contribution is 5.71. The van der Waals surface area contributed by atoms with Gasteiger partial charge in [0.1, 0.15) is 0 Å². The molecule has 20 heavy (non-hydrogen) atoms. The van der Waals surface area contributed by atoms with Gasteiger partial charge in [0.15, 0.2) is 5.72 Å². The van der Waals surface area contributed by atoms with E-state index in [2.05, 4.69) is 24.9 Å². The predicted molar refractivity (Wildman–Crippen MR) is 74.1 cm³/mol. The minimum atomic E-state index is -0.682. The number of rotatable bonds is 5. The van der Waals surface area contributed by atoms with E-state index >= 15 is 0 Å². The fraction of sp³-hybridized carbons (Fsp3) is 0.917. The van der Waals surface area contributed by atoms with E-state index < -0.39 is 17.3 Å². The van der Waals surface area contributed by atoms with Crippen LogP contribution in [0.25, 0.3) is 0 Å². The zero-order valence-electron chi connectivity index (χ0n) is 13.3. The van der Waals surface area contributed by atoms with Crippen LogP contribution in [0, 0.1) is 0 Å². The Morgan fingerprint density at radius 2 is 1.95 bits per heavy atom. The van der Waals surface area contributed by atoms with Crippen molar-refractivity contribution in [2.75, 3.05) is 0 Å². The number of hydrazine groups is 2. The van der Waals surface area contributed by atoms with Crippen LogP contribution in [-0.4, -0.2) is 44.6 Å². The first-order valence-electron chi connectivity index (χ1n) is 6.81. The van der Waals surface area contributed by atoms with Gasteiger partial charge in [-0.3, -0.25) is 15.5 Å². The highest BCUT2D eigenvalue weighted by Gasteiger charge is 2.58. The number of carbonyl (C=O) groups is 1. The summed E-state index contributed by atoms with van der Waals surface area (Å²) >= 11 is 0. The van der Waals surface area contributed by atoms with Crippen LogP contribution in [0.5, 0.6) is 0 Å². The molecule has 8 heteroatoms. The molecule has 1 fully saturated rings. The monoisotopic (exact) mass is 289 g/mol. The SMILES string of the molecule is CC(C)N(NC(=O)NO)C(C)(C)C1(C)ONN1C(C)C. The van der Waals surface area contributed by atoms with E-state index in [9.17, 15) is 4.79 Å². The molecule has 1 aliphatic rings. The molecule has 118 valence electrons. The third-order valence-electron chi connectivity index (χ3n) is 3.90. The van der Waals surface area contributed by atoms with Crippen LogP contribution < -0.4 is 16.5 Å². The van der Waals surface area contributed by atoms with Crippen molar-refractivity contribution in [3.63, 3.8) is 0 Å². The van der Waals surface area contributed by atoms with E-state index in [4.69, 9.17) is 10.0 Å². The fourth-order valence-corrected chi connectivity index (χ4v) is 2.53. The van der Waals surface area contributed by atoms with Crippen molar-refractivity contribution < 1.29 is 14.8 Å². The Morgan fingerprint density at radius 1 is 1.40 bits per heavy atom. The molecule has 0 saturated carbocycles. The Bertz CT molecular complexity index is 361. The predicted octanol–water partition coefficient (Wildman–Crippen LogP) is 0.955. The second kappa shape index (κ2) is 5.82. The standard InChI is InChI=1S/C12H27N5O3/c1-8(2)16(13-10(18)14-19)11(5,6)12(7)17(9(3)4)15-20-12/h8-9,15,19H,1-7H3,(H2,13,14,18). The zero-order chi connectivity index (χ0) is 15.7. The minimum absolute atomic E-state index is 0.0114. The molecule has 0 aromatic carbocycles. The van der Waals surface area contributed by atoms with Gasteiger partial charge in [-0.05, 0) is 48.5 Å². The zero-order valence-corrected chi connectivity index (χ0v) is 13.3. The summed E-state index contributed by atoms with van der Waals surface area (Å²) < 4.78 is 0. The maximum absolute atomic E-state index is 11.4. The lowest BCUT2D eigenvalue weighted by molar-refractivity contribution is -0.419. The summed E-state index contributed by atoms with van der Waals surface area (Å²) in [5.41, 5.74) is 5.87. The molecule has 1 rings (SSSR count). The molecule has 0 spiro atoms. The van der Waals surface area contributed by atoms with Crippen LogP contribution in [-0.2, 0) is 4.84 Å². The van der Waals surface area contributed by atoms with E-state index in [1.54, 1.807) is 10.5 Å². The minimum Gasteiger partial charge on any atom is -0.287 e. The highest BCUT2D eigenvalue weighted by atomic mass is 16.8. The Kier molecular flexibility index (Phi) is 4.99. The highest BCUT2D eigenvalue weighted by Crippen LogP contribution is 2.39. The van der Waals surface area contributed by atoms with Crippen LogP contribution in [0.15, 0.2) is 0 Å². The summed E-state index contributed by atoms with van der Waals surface area (Å²) in [6.45, 7) is 13.9. The van der Waals surface area contributed by atoms with Gasteiger partial charge in [0.05, 0.1) is 5.54 Å². The van der Waals surface area contributed by atoms with Gasteiger partial charge in [-0.25, -0.2) is 15.3 Å². The summed E-state index contributed by atoms with van der Waals surface area (Å²) in [6.07, 6.45) is 0. The number of nitrogens with one attached hydrogen (secondary N) is 3. The van der Waals surface area contributed by atoms with Gasteiger partial charge in [0, 0.05) is 12.1 Å². The van der Waals surface area contributed by atoms with E-state index in [0.717, 1.165) is 0 Å². The lowest BCUT2D eigenvalue weighted by Crippen LogP contribution is -2.83. The normalized spacial score (nSPS) is 24.1. The van der Waals surface area contributed by atoms with Crippen molar-refractivity contribution in [1.82, 2.24) is 26.5 Å². The summed E-state index contributed by atoms with van der Waals surface area (Å²) in [4.78, 5) is 17.0. The molecule has 0 bridgehead atoms. The summed E-state index contributed by atoms with van der Waals surface area (Å²) in [6, 6.07) is -0.440. The van der Waals surface area contributed by atoms with Gasteiger partial charge in [0.25, 0.3) is 0 Å². The second-order valence-corrected chi connectivity index (χ2v) is 6.22. The molecular weight excluding hydrogens is 262 g/mol. The smallest absolute Gasteiger partial charge is 0.287 e. The maximum Gasteiger partial charge on any atom is 0.353 e. The third kappa shape index (κ3) is 2.75. The topological polar surface area (TPSA) is 89.1 Å².